The van der Waals surface area contributed by atoms with Gasteiger partial charge in [-0.1, -0.05) is 112 Å². The zero-order valence-corrected chi connectivity index (χ0v) is 27.5. The van der Waals surface area contributed by atoms with Crippen molar-refractivity contribution in [3.8, 4) is 0 Å². The van der Waals surface area contributed by atoms with Crippen molar-refractivity contribution in [2.45, 2.75) is 102 Å². The van der Waals surface area contributed by atoms with E-state index in [1.165, 1.54) is 0 Å². The Bertz CT molecular complexity index is 1180. The lowest BCUT2D eigenvalue weighted by molar-refractivity contribution is -0.270. The highest BCUT2D eigenvalue weighted by molar-refractivity contribution is 6.74. The van der Waals surface area contributed by atoms with E-state index in [4.69, 9.17) is 23.4 Å². The smallest absolute Gasteiger partial charge is 0.192 e. The quantitative estimate of drug-likeness (QED) is 0.183. The van der Waals surface area contributed by atoms with E-state index in [0.717, 1.165) is 16.7 Å². The third-order valence-corrected chi connectivity index (χ3v) is 13.1. The Morgan fingerprint density at radius 1 is 0.651 bits per heavy atom. The Morgan fingerprint density at radius 3 is 1.49 bits per heavy atom. The first-order chi connectivity index (χ1) is 20.7. The zero-order valence-electron chi connectivity index (χ0n) is 26.5. The van der Waals surface area contributed by atoms with E-state index in [1.54, 1.807) is 0 Å². The van der Waals surface area contributed by atoms with Crippen LogP contribution in [0, 0.1) is 0 Å². The molecule has 1 fully saturated rings. The van der Waals surface area contributed by atoms with Gasteiger partial charge in [0.25, 0.3) is 0 Å². The van der Waals surface area contributed by atoms with E-state index < -0.39 is 26.6 Å². The third-order valence-electron chi connectivity index (χ3n) is 8.65. The van der Waals surface area contributed by atoms with Gasteiger partial charge in [0.1, 0.15) is 24.4 Å². The van der Waals surface area contributed by atoms with E-state index in [1.807, 2.05) is 54.6 Å². The minimum absolute atomic E-state index is 0.0584. The largest absolute Gasteiger partial charge is 0.414 e. The second-order valence-electron chi connectivity index (χ2n) is 12.9. The van der Waals surface area contributed by atoms with Crippen LogP contribution in [0.2, 0.25) is 18.1 Å². The van der Waals surface area contributed by atoms with E-state index in [-0.39, 0.29) is 23.9 Å². The molecule has 3 aromatic carbocycles. The molecule has 5 unspecified atom stereocenters. The second-order valence-corrected chi connectivity index (χ2v) is 17.7. The Balaban J connectivity index is 1.66. The van der Waals surface area contributed by atoms with Gasteiger partial charge in [0, 0.05) is 6.61 Å². The predicted octanol–water partition coefficient (Wildman–Crippen LogP) is 7.30. The minimum atomic E-state index is -2.07. The number of benzene rings is 3. The van der Waals surface area contributed by atoms with Crippen LogP contribution in [-0.2, 0) is 43.2 Å². The van der Waals surface area contributed by atoms with Crippen molar-refractivity contribution in [3.05, 3.63) is 108 Å². The van der Waals surface area contributed by atoms with Crippen molar-refractivity contribution in [1.29, 1.82) is 0 Å². The molecule has 1 saturated heterocycles. The zero-order chi connectivity index (χ0) is 30.7. The van der Waals surface area contributed by atoms with E-state index in [2.05, 4.69) is 70.3 Å². The third kappa shape index (κ3) is 9.81. The molecule has 7 heteroatoms. The molecule has 0 radical (unpaired) electrons. The van der Waals surface area contributed by atoms with Crippen LogP contribution in [0.3, 0.4) is 0 Å². The van der Waals surface area contributed by atoms with Crippen LogP contribution in [-0.4, -0.2) is 57.2 Å². The Labute approximate surface area is 259 Å². The Hall–Kier alpha value is -2.36. The Morgan fingerprint density at radius 2 is 1.07 bits per heavy atom. The fourth-order valence-electron chi connectivity index (χ4n) is 5.05. The fraction of sp³-hybridized carbons (Fsp3) is 0.500. The molecule has 0 spiro atoms. The number of aliphatic hydroxyl groups excluding tert-OH is 1. The fourth-order valence-corrected chi connectivity index (χ4v) is 6.06. The number of hydrogen-bond donors (Lipinski definition) is 1. The SMILES string of the molecule is CC(C)(C)[Si](C)(C)OCC1OC(CCCO)C(OCc2ccccc2)C(OCc2ccccc2)C1OCc1ccccc1. The van der Waals surface area contributed by atoms with Gasteiger partial charge >= 0.3 is 0 Å². The first-order valence-corrected chi connectivity index (χ1v) is 18.5. The second kappa shape index (κ2) is 16.1. The normalized spacial score (nSPS) is 22.9. The lowest BCUT2D eigenvalue weighted by atomic mass is 9.92. The van der Waals surface area contributed by atoms with Crippen LogP contribution in [0.4, 0.5) is 0 Å². The summed E-state index contributed by atoms with van der Waals surface area (Å²) in [6.45, 7) is 13.0. The molecule has 0 aliphatic carbocycles. The molecule has 4 rings (SSSR count). The summed E-state index contributed by atoms with van der Waals surface area (Å²) in [5.74, 6) is 0. The van der Waals surface area contributed by atoms with Gasteiger partial charge in [-0.25, -0.2) is 0 Å². The summed E-state index contributed by atoms with van der Waals surface area (Å²) in [5.41, 5.74) is 3.24. The van der Waals surface area contributed by atoms with Gasteiger partial charge in [0.05, 0.1) is 32.5 Å². The first-order valence-electron chi connectivity index (χ1n) is 15.5. The maximum atomic E-state index is 9.77. The molecule has 0 saturated carbocycles. The predicted molar refractivity (Wildman–Crippen MR) is 173 cm³/mol. The standard InChI is InChI=1S/C36H50O6Si/c1-36(2,3)43(4,5)41-27-32-34(39-25-29-18-11-7-12-19-29)35(40-26-30-20-13-8-14-21-30)33(31(42-32)22-15-23-37)38-24-28-16-9-6-10-17-28/h6-14,16-21,31-35,37H,15,22-27H2,1-5H3. The summed E-state index contributed by atoms with van der Waals surface area (Å²) < 4.78 is 33.7. The molecule has 1 heterocycles. The summed E-state index contributed by atoms with van der Waals surface area (Å²) in [6, 6.07) is 30.5. The lowest BCUT2D eigenvalue weighted by Gasteiger charge is -2.47. The molecule has 1 aliphatic rings. The van der Waals surface area contributed by atoms with Crippen molar-refractivity contribution in [1.82, 2.24) is 0 Å². The van der Waals surface area contributed by atoms with Crippen molar-refractivity contribution in [2.24, 2.45) is 0 Å². The van der Waals surface area contributed by atoms with Crippen LogP contribution in [0.25, 0.3) is 0 Å². The molecule has 0 amide bonds. The van der Waals surface area contributed by atoms with E-state index in [0.29, 0.717) is 39.3 Å². The van der Waals surface area contributed by atoms with Crippen molar-refractivity contribution in [3.63, 3.8) is 0 Å². The highest BCUT2D eigenvalue weighted by Crippen LogP contribution is 2.38. The highest BCUT2D eigenvalue weighted by Gasteiger charge is 2.49. The maximum Gasteiger partial charge on any atom is 0.192 e. The van der Waals surface area contributed by atoms with Crippen LogP contribution >= 0.6 is 0 Å². The molecule has 43 heavy (non-hydrogen) atoms. The molecule has 3 aromatic rings. The molecule has 1 aliphatic heterocycles. The van der Waals surface area contributed by atoms with E-state index in [9.17, 15) is 5.11 Å². The molecule has 1 N–H and O–H groups in total. The number of rotatable bonds is 15. The van der Waals surface area contributed by atoms with Gasteiger partial charge in [-0.3, -0.25) is 0 Å². The van der Waals surface area contributed by atoms with Crippen LogP contribution in [0.15, 0.2) is 91.0 Å². The summed E-state index contributed by atoms with van der Waals surface area (Å²) >= 11 is 0. The number of hydrogen-bond acceptors (Lipinski definition) is 6. The minimum Gasteiger partial charge on any atom is -0.414 e. The molecular weight excluding hydrogens is 556 g/mol. The summed E-state index contributed by atoms with van der Waals surface area (Å²) in [5, 5.41) is 9.82. The Kier molecular flexibility index (Phi) is 12.5. The van der Waals surface area contributed by atoms with E-state index >= 15 is 0 Å². The summed E-state index contributed by atoms with van der Waals surface area (Å²) in [7, 11) is -2.07. The maximum absolute atomic E-state index is 9.77. The molecular formula is C36H50O6Si. The first kappa shape index (κ1) is 33.5. The lowest BCUT2D eigenvalue weighted by Crippen LogP contribution is -2.61. The highest BCUT2D eigenvalue weighted by atomic mass is 28.4. The van der Waals surface area contributed by atoms with Crippen molar-refractivity contribution in [2.75, 3.05) is 13.2 Å². The molecule has 6 nitrogen and oxygen atoms in total. The van der Waals surface area contributed by atoms with Gasteiger partial charge in [-0.15, -0.1) is 0 Å². The number of ether oxygens (including phenoxy) is 4. The molecule has 234 valence electrons. The summed E-state index contributed by atoms with van der Waals surface area (Å²) in [6.07, 6.45) is -0.658. The van der Waals surface area contributed by atoms with Gasteiger partial charge in [-0.2, -0.15) is 0 Å². The van der Waals surface area contributed by atoms with Gasteiger partial charge in [-0.05, 0) is 47.7 Å². The molecule has 0 aromatic heterocycles. The van der Waals surface area contributed by atoms with Gasteiger partial charge in [0.2, 0.25) is 0 Å². The number of aliphatic hydroxyl groups is 1. The topological polar surface area (TPSA) is 66.4 Å². The van der Waals surface area contributed by atoms with Crippen molar-refractivity contribution < 1.29 is 28.5 Å². The molecule has 0 bridgehead atoms. The van der Waals surface area contributed by atoms with Gasteiger partial charge in [0.15, 0.2) is 8.32 Å². The average Bonchev–Trinajstić information content (AvgIpc) is 3.01. The monoisotopic (exact) mass is 606 g/mol. The van der Waals surface area contributed by atoms with Crippen molar-refractivity contribution >= 4 is 8.32 Å². The van der Waals surface area contributed by atoms with Gasteiger partial charge < -0.3 is 28.5 Å². The summed E-state index contributed by atoms with van der Waals surface area (Å²) in [4.78, 5) is 0. The van der Waals surface area contributed by atoms with Crippen LogP contribution in [0.5, 0.6) is 0 Å². The van der Waals surface area contributed by atoms with Crippen LogP contribution in [0.1, 0.15) is 50.3 Å². The van der Waals surface area contributed by atoms with Crippen LogP contribution < -0.4 is 0 Å². The molecule has 5 atom stereocenters. The average molecular weight is 607 g/mol.